The van der Waals surface area contributed by atoms with Crippen LogP contribution >= 0.6 is 0 Å². The van der Waals surface area contributed by atoms with E-state index in [2.05, 4.69) is 30.6 Å². The van der Waals surface area contributed by atoms with E-state index in [0.29, 0.717) is 30.7 Å². The fourth-order valence-corrected chi connectivity index (χ4v) is 3.08. The topological polar surface area (TPSA) is 120 Å². The Morgan fingerprint density at radius 2 is 2.17 bits per heavy atom. The van der Waals surface area contributed by atoms with Gasteiger partial charge in [-0.3, -0.25) is 4.99 Å². The summed E-state index contributed by atoms with van der Waals surface area (Å²) in [5.74, 6) is 1.79. The number of rotatable bonds is 7. The van der Waals surface area contributed by atoms with E-state index < -0.39 is 0 Å². The molecular formula is C21H23N7O2. The van der Waals surface area contributed by atoms with Crippen molar-refractivity contribution < 1.29 is 9.47 Å². The van der Waals surface area contributed by atoms with Crippen LogP contribution in [0, 0.1) is 0 Å². The highest BCUT2D eigenvalue weighted by Gasteiger charge is 2.20. The van der Waals surface area contributed by atoms with E-state index in [0.717, 1.165) is 27.7 Å². The SMILES string of the molecule is CN=CC(=CN)c1ccc(Nc2ncc3ccnc(NC4COC4)c3n2)c(OC)c1. The molecule has 9 nitrogen and oxygen atoms in total. The van der Waals surface area contributed by atoms with Gasteiger partial charge in [-0.1, -0.05) is 6.07 Å². The second kappa shape index (κ2) is 8.75. The van der Waals surface area contributed by atoms with Crippen molar-refractivity contribution in [3.8, 4) is 5.75 Å². The van der Waals surface area contributed by atoms with Gasteiger partial charge in [0.1, 0.15) is 11.3 Å². The molecule has 0 atom stereocenters. The van der Waals surface area contributed by atoms with Gasteiger partial charge in [0.25, 0.3) is 0 Å². The molecule has 4 rings (SSSR count). The fraction of sp³-hybridized carbons (Fsp3) is 0.238. The number of hydrogen-bond acceptors (Lipinski definition) is 9. The number of aromatic nitrogens is 3. The number of nitrogens with one attached hydrogen (secondary N) is 2. The van der Waals surface area contributed by atoms with Gasteiger partial charge in [-0.2, -0.15) is 0 Å². The summed E-state index contributed by atoms with van der Waals surface area (Å²) in [7, 11) is 3.31. The Morgan fingerprint density at radius 3 is 2.87 bits per heavy atom. The van der Waals surface area contributed by atoms with Crippen molar-refractivity contribution >= 4 is 40.1 Å². The number of benzene rings is 1. The van der Waals surface area contributed by atoms with Crippen molar-refractivity contribution in [3.63, 3.8) is 0 Å². The number of pyridine rings is 1. The first-order valence-corrected chi connectivity index (χ1v) is 9.47. The summed E-state index contributed by atoms with van der Waals surface area (Å²) in [5.41, 5.74) is 8.87. The minimum Gasteiger partial charge on any atom is -0.495 e. The van der Waals surface area contributed by atoms with Gasteiger partial charge in [0.2, 0.25) is 5.95 Å². The third-order valence-corrected chi connectivity index (χ3v) is 4.71. The lowest BCUT2D eigenvalue weighted by atomic mass is 10.1. The number of methoxy groups -OCH3 is 1. The molecule has 9 heteroatoms. The maximum atomic E-state index is 5.71. The molecule has 0 bridgehead atoms. The van der Waals surface area contributed by atoms with Crippen molar-refractivity contribution in [1.29, 1.82) is 0 Å². The molecule has 0 amide bonds. The quantitative estimate of drug-likeness (QED) is 0.513. The Bertz CT molecular complexity index is 1110. The average molecular weight is 405 g/mol. The fourth-order valence-electron chi connectivity index (χ4n) is 3.08. The van der Waals surface area contributed by atoms with Crippen LogP contribution < -0.4 is 21.1 Å². The van der Waals surface area contributed by atoms with Gasteiger partial charge in [0.05, 0.1) is 32.1 Å². The van der Waals surface area contributed by atoms with E-state index in [4.69, 9.17) is 15.2 Å². The second-order valence-corrected chi connectivity index (χ2v) is 6.72. The number of allylic oxidation sites excluding steroid dienone is 1. The zero-order valence-electron chi connectivity index (χ0n) is 16.8. The van der Waals surface area contributed by atoms with Gasteiger partial charge < -0.3 is 25.8 Å². The Kier molecular flexibility index (Phi) is 5.71. The third kappa shape index (κ3) is 4.01. The van der Waals surface area contributed by atoms with Crippen molar-refractivity contribution in [2.45, 2.75) is 6.04 Å². The lowest BCUT2D eigenvalue weighted by molar-refractivity contribution is 0.0210. The summed E-state index contributed by atoms with van der Waals surface area (Å²) in [6, 6.07) is 7.83. The van der Waals surface area contributed by atoms with Gasteiger partial charge in [0.15, 0.2) is 5.82 Å². The molecule has 154 valence electrons. The van der Waals surface area contributed by atoms with Crippen LogP contribution in [0.25, 0.3) is 16.5 Å². The standard InChI is InChI=1S/C21H23N7O2/c1-23-9-15(8-22)13-3-4-17(18(7-13)29-2)27-21-25-10-14-5-6-24-20(19(14)28-21)26-16-11-30-12-16/h3-10,16H,11-12,22H2,1-2H3,(H,24,26)(H,25,27,28). The molecule has 3 heterocycles. The number of nitrogens with zero attached hydrogens (tertiary/aromatic N) is 4. The van der Waals surface area contributed by atoms with Crippen LogP contribution in [0.15, 0.2) is 47.9 Å². The lowest BCUT2D eigenvalue weighted by Crippen LogP contribution is -2.40. The largest absolute Gasteiger partial charge is 0.495 e. The van der Waals surface area contributed by atoms with Crippen LogP contribution in [-0.4, -0.2) is 54.6 Å². The van der Waals surface area contributed by atoms with Gasteiger partial charge in [0, 0.05) is 42.8 Å². The van der Waals surface area contributed by atoms with Crippen molar-refractivity contribution in [2.24, 2.45) is 10.7 Å². The molecule has 3 aromatic rings. The number of hydrogen-bond donors (Lipinski definition) is 3. The summed E-state index contributed by atoms with van der Waals surface area (Å²) < 4.78 is 10.8. The van der Waals surface area contributed by atoms with Crippen LogP contribution in [-0.2, 0) is 4.74 Å². The van der Waals surface area contributed by atoms with E-state index >= 15 is 0 Å². The Balaban J connectivity index is 1.64. The van der Waals surface area contributed by atoms with Crippen molar-refractivity contribution in [3.05, 3.63) is 48.4 Å². The summed E-state index contributed by atoms with van der Waals surface area (Å²) in [6.45, 7) is 1.33. The number of aliphatic imine (C=N–C) groups is 1. The molecule has 1 aromatic carbocycles. The molecule has 0 saturated carbocycles. The highest BCUT2D eigenvalue weighted by molar-refractivity contribution is 6.09. The summed E-state index contributed by atoms with van der Waals surface area (Å²) in [6.07, 6.45) is 6.71. The van der Waals surface area contributed by atoms with E-state index in [1.807, 2.05) is 24.3 Å². The van der Waals surface area contributed by atoms with Crippen molar-refractivity contribution in [2.75, 3.05) is 38.0 Å². The molecule has 1 saturated heterocycles. The van der Waals surface area contributed by atoms with E-state index in [1.54, 1.807) is 32.8 Å². The summed E-state index contributed by atoms with van der Waals surface area (Å²) in [5, 5.41) is 7.49. The van der Waals surface area contributed by atoms with Gasteiger partial charge in [-0.05, 0) is 23.8 Å². The molecule has 30 heavy (non-hydrogen) atoms. The zero-order chi connectivity index (χ0) is 20.9. The first kappa shape index (κ1) is 19.6. The number of nitrogens with two attached hydrogens (primary N) is 1. The molecule has 0 aliphatic carbocycles. The predicted molar refractivity (Wildman–Crippen MR) is 118 cm³/mol. The van der Waals surface area contributed by atoms with Gasteiger partial charge in [-0.25, -0.2) is 15.0 Å². The highest BCUT2D eigenvalue weighted by atomic mass is 16.5. The molecule has 1 fully saturated rings. The minimum atomic E-state index is 0.249. The third-order valence-electron chi connectivity index (χ3n) is 4.71. The Labute approximate surface area is 174 Å². The maximum Gasteiger partial charge on any atom is 0.227 e. The lowest BCUT2D eigenvalue weighted by Gasteiger charge is -2.27. The highest BCUT2D eigenvalue weighted by Crippen LogP contribution is 2.30. The molecule has 4 N–H and O–H groups in total. The monoisotopic (exact) mass is 405 g/mol. The summed E-state index contributed by atoms with van der Waals surface area (Å²) in [4.78, 5) is 17.5. The van der Waals surface area contributed by atoms with Crippen LogP contribution in [0.5, 0.6) is 5.75 Å². The van der Waals surface area contributed by atoms with Crippen LogP contribution in [0.3, 0.4) is 0 Å². The van der Waals surface area contributed by atoms with Crippen molar-refractivity contribution in [1.82, 2.24) is 15.0 Å². The number of anilines is 3. The molecule has 1 aliphatic heterocycles. The first-order chi connectivity index (χ1) is 14.7. The normalized spacial score (nSPS) is 14.7. The molecule has 2 aromatic heterocycles. The first-order valence-electron chi connectivity index (χ1n) is 9.47. The molecule has 0 radical (unpaired) electrons. The predicted octanol–water partition coefficient (Wildman–Crippen LogP) is 2.59. The van der Waals surface area contributed by atoms with Crippen LogP contribution in [0.1, 0.15) is 5.56 Å². The van der Waals surface area contributed by atoms with Crippen LogP contribution in [0.4, 0.5) is 17.5 Å². The van der Waals surface area contributed by atoms with E-state index in [9.17, 15) is 0 Å². The second-order valence-electron chi connectivity index (χ2n) is 6.72. The molecule has 0 spiro atoms. The van der Waals surface area contributed by atoms with E-state index in [-0.39, 0.29) is 6.04 Å². The number of fused-ring (bicyclic) bond motifs is 1. The average Bonchev–Trinajstić information content (AvgIpc) is 2.75. The van der Waals surface area contributed by atoms with E-state index in [1.165, 1.54) is 6.20 Å². The summed E-state index contributed by atoms with van der Waals surface area (Å²) >= 11 is 0. The minimum absolute atomic E-state index is 0.249. The Hall–Kier alpha value is -3.72. The maximum absolute atomic E-state index is 5.71. The molecule has 1 aliphatic rings. The van der Waals surface area contributed by atoms with Gasteiger partial charge in [-0.15, -0.1) is 0 Å². The number of ether oxygens (including phenoxy) is 2. The molecule has 0 unspecified atom stereocenters. The zero-order valence-corrected chi connectivity index (χ0v) is 16.8. The van der Waals surface area contributed by atoms with Gasteiger partial charge >= 0.3 is 0 Å². The Morgan fingerprint density at radius 1 is 1.30 bits per heavy atom. The van der Waals surface area contributed by atoms with Crippen LogP contribution in [0.2, 0.25) is 0 Å². The molecular weight excluding hydrogens is 382 g/mol. The smallest absolute Gasteiger partial charge is 0.227 e.